The Morgan fingerprint density at radius 1 is 0.686 bits per heavy atom. The first kappa shape index (κ1) is 27.9. The Hall–Kier alpha value is -1.66. The molecule has 5 heteroatoms. The van der Waals surface area contributed by atoms with Crippen LogP contribution < -0.4 is 0 Å². The standard InChI is InChI=1S/C30H46BNO3/c1-4-5-6-7-8-9-10-11-12-13-22-32-23-29(27-18-14-25(2)15-19-27)34-31(33)35-30(24-32)28-20-16-26(3)17-21-28/h14-21,29-30,33H,4-13,22-24H2,1-3H3. The highest BCUT2D eigenvalue weighted by Gasteiger charge is 2.33. The van der Waals surface area contributed by atoms with Crippen molar-refractivity contribution in [2.45, 2.75) is 97.2 Å². The lowest BCUT2D eigenvalue weighted by atomic mass is 10.0. The summed E-state index contributed by atoms with van der Waals surface area (Å²) in [7, 11) is -1.24. The van der Waals surface area contributed by atoms with Crippen molar-refractivity contribution in [3.05, 3.63) is 70.8 Å². The van der Waals surface area contributed by atoms with E-state index in [9.17, 15) is 5.02 Å². The van der Waals surface area contributed by atoms with Crippen molar-refractivity contribution in [2.24, 2.45) is 0 Å². The van der Waals surface area contributed by atoms with E-state index in [0.717, 1.165) is 30.8 Å². The molecule has 35 heavy (non-hydrogen) atoms. The van der Waals surface area contributed by atoms with Crippen molar-refractivity contribution in [1.29, 1.82) is 0 Å². The molecule has 2 aromatic rings. The zero-order valence-electron chi connectivity index (χ0n) is 22.3. The van der Waals surface area contributed by atoms with Gasteiger partial charge in [-0.3, -0.25) is 4.90 Å². The maximum absolute atomic E-state index is 10.6. The van der Waals surface area contributed by atoms with Crippen molar-refractivity contribution in [3.8, 4) is 0 Å². The maximum atomic E-state index is 10.6. The summed E-state index contributed by atoms with van der Waals surface area (Å²) in [6.07, 6.45) is 12.9. The van der Waals surface area contributed by atoms with Gasteiger partial charge >= 0.3 is 7.32 Å². The molecule has 2 aromatic carbocycles. The number of nitrogens with zero attached hydrogens (tertiary/aromatic N) is 1. The van der Waals surface area contributed by atoms with Crippen molar-refractivity contribution in [3.63, 3.8) is 0 Å². The number of benzene rings is 2. The molecule has 1 heterocycles. The maximum Gasteiger partial charge on any atom is 0.637 e. The molecular weight excluding hydrogens is 433 g/mol. The van der Waals surface area contributed by atoms with E-state index in [1.54, 1.807) is 0 Å². The van der Waals surface area contributed by atoms with Crippen molar-refractivity contribution < 1.29 is 14.3 Å². The van der Waals surface area contributed by atoms with Crippen LogP contribution in [-0.2, 0) is 9.31 Å². The summed E-state index contributed by atoms with van der Waals surface area (Å²) in [5.74, 6) is 0. The van der Waals surface area contributed by atoms with Crippen molar-refractivity contribution in [1.82, 2.24) is 4.90 Å². The van der Waals surface area contributed by atoms with Crippen LogP contribution >= 0.6 is 0 Å². The molecule has 1 aliphatic rings. The van der Waals surface area contributed by atoms with Crippen molar-refractivity contribution >= 4 is 7.32 Å². The number of aryl methyl sites for hydroxylation is 2. The summed E-state index contributed by atoms with van der Waals surface area (Å²) in [6, 6.07) is 16.8. The third-order valence-corrected chi connectivity index (χ3v) is 7.14. The molecule has 1 fully saturated rings. The normalized spacial score (nSPS) is 19.5. The number of unbranched alkanes of at least 4 members (excludes halogenated alkanes) is 9. The summed E-state index contributed by atoms with van der Waals surface area (Å²) in [6.45, 7) is 8.98. The molecule has 0 bridgehead atoms. The highest BCUT2D eigenvalue weighted by Crippen LogP contribution is 2.28. The van der Waals surface area contributed by atoms with Gasteiger partial charge in [0.2, 0.25) is 0 Å². The quantitative estimate of drug-likeness (QED) is 0.241. The van der Waals surface area contributed by atoms with E-state index in [2.05, 4.69) is 74.2 Å². The minimum atomic E-state index is -1.24. The topological polar surface area (TPSA) is 41.9 Å². The Morgan fingerprint density at radius 3 is 1.51 bits per heavy atom. The molecule has 1 aliphatic heterocycles. The Kier molecular flexibility index (Phi) is 12.3. The van der Waals surface area contributed by atoms with Gasteiger partial charge in [-0.1, -0.05) is 124 Å². The second-order valence-corrected chi connectivity index (χ2v) is 10.3. The Labute approximate surface area is 214 Å². The monoisotopic (exact) mass is 479 g/mol. The molecule has 0 amide bonds. The average molecular weight is 480 g/mol. The van der Waals surface area contributed by atoms with E-state index in [4.69, 9.17) is 9.31 Å². The van der Waals surface area contributed by atoms with Gasteiger partial charge in [0.25, 0.3) is 0 Å². The fourth-order valence-electron chi connectivity index (χ4n) is 4.88. The van der Waals surface area contributed by atoms with E-state index in [-0.39, 0.29) is 12.2 Å². The highest BCUT2D eigenvalue weighted by molar-refractivity contribution is 6.34. The second kappa shape index (κ2) is 15.5. The summed E-state index contributed by atoms with van der Waals surface area (Å²) >= 11 is 0. The first-order valence-electron chi connectivity index (χ1n) is 13.9. The molecular formula is C30H46BNO3. The van der Waals surface area contributed by atoms with Crippen LogP contribution in [-0.4, -0.2) is 36.9 Å². The predicted octanol–water partition coefficient (Wildman–Crippen LogP) is 7.33. The Bertz CT molecular complexity index is 769. The van der Waals surface area contributed by atoms with Gasteiger partial charge in [0.1, 0.15) is 0 Å². The molecule has 1 saturated heterocycles. The van der Waals surface area contributed by atoms with Crippen LogP contribution in [0.2, 0.25) is 0 Å². The van der Waals surface area contributed by atoms with Crippen LogP contribution in [0.1, 0.15) is 106 Å². The van der Waals surface area contributed by atoms with Gasteiger partial charge in [0, 0.05) is 13.1 Å². The van der Waals surface area contributed by atoms with Gasteiger partial charge in [0.15, 0.2) is 0 Å². The average Bonchev–Trinajstić information content (AvgIpc) is 2.84. The minimum Gasteiger partial charge on any atom is -0.402 e. The molecule has 2 atom stereocenters. The molecule has 192 valence electrons. The molecule has 1 N–H and O–H groups in total. The summed E-state index contributed by atoms with van der Waals surface area (Å²) in [5, 5.41) is 10.6. The van der Waals surface area contributed by atoms with Crippen molar-refractivity contribution in [2.75, 3.05) is 19.6 Å². The van der Waals surface area contributed by atoms with E-state index in [1.807, 2.05) is 0 Å². The molecule has 0 radical (unpaired) electrons. The van der Waals surface area contributed by atoms with Crippen LogP contribution in [0.5, 0.6) is 0 Å². The Balaban J connectivity index is 1.56. The number of hydrogen-bond acceptors (Lipinski definition) is 4. The predicted molar refractivity (Wildman–Crippen MR) is 146 cm³/mol. The Morgan fingerprint density at radius 2 is 1.09 bits per heavy atom. The van der Waals surface area contributed by atoms with Crippen LogP contribution in [0.15, 0.2) is 48.5 Å². The molecule has 0 aromatic heterocycles. The van der Waals surface area contributed by atoms with E-state index in [1.165, 1.54) is 75.3 Å². The first-order chi connectivity index (χ1) is 17.0. The number of hydrogen-bond donors (Lipinski definition) is 1. The van der Waals surface area contributed by atoms with Gasteiger partial charge in [-0.2, -0.15) is 0 Å². The zero-order chi connectivity index (χ0) is 24.9. The summed E-state index contributed by atoms with van der Waals surface area (Å²) in [5.41, 5.74) is 4.61. The zero-order valence-corrected chi connectivity index (χ0v) is 22.3. The van der Waals surface area contributed by atoms with Crippen LogP contribution in [0.3, 0.4) is 0 Å². The second-order valence-electron chi connectivity index (χ2n) is 10.3. The third-order valence-electron chi connectivity index (χ3n) is 7.14. The van der Waals surface area contributed by atoms with E-state index in [0.29, 0.717) is 0 Å². The molecule has 2 unspecified atom stereocenters. The molecule has 0 spiro atoms. The SMILES string of the molecule is CCCCCCCCCCCCN1CC(c2ccc(C)cc2)OB(O)OC(c2ccc(C)cc2)C1. The fraction of sp³-hybridized carbons (Fsp3) is 0.600. The van der Waals surface area contributed by atoms with Gasteiger partial charge in [-0.05, 0) is 37.9 Å². The molecule has 3 rings (SSSR count). The highest BCUT2D eigenvalue weighted by atomic mass is 16.7. The van der Waals surface area contributed by atoms with Gasteiger partial charge in [-0.15, -0.1) is 0 Å². The van der Waals surface area contributed by atoms with Gasteiger partial charge in [0.05, 0.1) is 12.2 Å². The lowest BCUT2D eigenvalue weighted by Crippen LogP contribution is -2.42. The van der Waals surface area contributed by atoms with E-state index >= 15 is 0 Å². The number of rotatable bonds is 13. The minimum absolute atomic E-state index is 0.215. The molecule has 0 saturated carbocycles. The fourth-order valence-corrected chi connectivity index (χ4v) is 4.88. The van der Waals surface area contributed by atoms with E-state index < -0.39 is 7.32 Å². The van der Waals surface area contributed by atoms with Crippen LogP contribution in [0.4, 0.5) is 0 Å². The molecule has 0 aliphatic carbocycles. The smallest absolute Gasteiger partial charge is 0.402 e. The third kappa shape index (κ3) is 10.1. The largest absolute Gasteiger partial charge is 0.637 e. The summed E-state index contributed by atoms with van der Waals surface area (Å²) in [4.78, 5) is 2.46. The van der Waals surface area contributed by atoms with Crippen LogP contribution in [0.25, 0.3) is 0 Å². The lowest BCUT2D eigenvalue weighted by molar-refractivity contribution is -0.00830. The van der Waals surface area contributed by atoms with Gasteiger partial charge < -0.3 is 14.3 Å². The molecule has 4 nitrogen and oxygen atoms in total. The lowest BCUT2D eigenvalue weighted by Gasteiger charge is -2.35. The van der Waals surface area contributed by atoms with Gasteiger partial charge in [-0.25, -0.2) is 0 Å². The first-order valence-corrected chi connectivity index (χ1v) is 13.9. The summed E-state index contributed by atoms with van der Waals surface area (Å²) < 4.78 is 12.0. The van der Waals surface area contributed by atoms with Crippen LogP contribution in [0, 0.1) is 13.8 Å².